The van der Waals surface area contributed by atoms with Crippen molar-refractivity contribution >= 4 is 17.6 Å². The Bertz CT molecular complexity index is 696. The third-order valence-corrected chi connectivity index (χ3v) is 3.33. The zero-order valence-corrected chi connectivity index (χ0v) is 12.5. The largest absolute Gasteiger partial charge is 0.383 e. The summed E-state index contributed by atoms with van der Waals surface area (Å²) >= 11 is 0. The fourth-order valence-electron chi connectivity index (χ4n) is 1.97. The highest BCUT2D eigenvalue weighted by Gasteiger charge is 2.23. The first-order chi connectivity index (χ1) is 10.4. The molecule has 0 aliphatic rings. The van der Waals surface area contributed by atoms with Gasteiger partial charge < -0.3 is 5.73 Å². The standard InChI is InChI=1S/C16H18N4O2/c1-10(2)11-5-7-12(8-6-11)15(21)20(18)16(22)13-4-3-9-19-14(13)17/h3-10H,18H2,1-2H3,(H2,17,19). The molecular formula is C16H18N4O2. The number of nitrogen functional groups attached to an aromatic ring is 1. The summed E-state index contributed by atoms with van der Waals surface area (Å²) in [6.07, 6.45) is 1.46. The minimum Gasteiger partial charge on any atom is -0.383 e. The van der Waals surface area contributed by atoms with Crippen molar-refractivity contribution < 1.29 is 9.59 Å². The first-order valence-electron chi connectivity index (χ1n) is 6.85. The first kappa shape index (κ1) is 15.7. The molecule has 0 saturated carbocycles. The van der Waals surface area contributed by atoms with E-state index in [4.69, 9.17) is 11.6 Å². The zero-order valence-electron chi connectivity index (χ0n) is 12.5. The molecule has 0 spiro atoms. The van der Waals surface area contributed by atoms with E-state index in [2.05, 4.69) is 18.8 Å². The van der Waals surface area contributed by atoms with Gasteiger partial charge in [-0.25, -0.2) is 15.8 Å². The average Bonchev–Trinajstić information content (AvgIpc) is 2.53. The quantitative estimate of drug-likeness (QED) is 0.390. The fraction of sp³-hybridized carbons (Fsp3) is 0.188. The van der Waals surface area contributed by atoms with Crippen molar-refractivity contribution in [1.29, 1.82) is 0 Å². The van der Waals surface area contributed by atoms with Crippen LogP contribution in [0.4, 0.5) is 5.82 Å². The molecule has 6 heteroatoms. The Hall–Kier alpha value is -2.73. The molecular weight excluding hydrogens is 280 g/mol. The highest BCUT2D eigenvalue weighted by molar-refractivity contribution is 6.11. The van der Waals surface area contributed by atoms with E-state index < -0.39 is 11.8 Å². The van der Waals surface area contributed by atoms with Crippen molar-refractivity contribution in [3.63, 3.8) is 0 Å². The summed E-state index contributed by atoms with van der Waals surface area (Å²) in [5, 5.41) is 0.553. The molecule has 0 unspecified atom stereocenters. The van der Waals surface area contributed by atoms with Gasteiger partial charge in [-0.2, -0.15) is 0 Å². The molecule has 2 rings (SSSR count). The number of amides is 2. The summed E-state index contributed by atoms with van der Waals surface area (Å²) in [4.78, 5) is 28.3. The summed E-state index contributed by atoms with van der Waals surface area (Å²) < 4.78 is 0. The molecule has 0 aliphatic carbocycles. The third kappa shape index (κ3) is 3.12. The Kier molecular flexibility index (Phi) is 4.53. The molecule has 0 saturated heterocycles. The van der Waals surface area contributed by atoms with Gasteiger partial charge in [0, 0.05) is 11.8 Å². The van der Waals surface area contributed by atoms with Crippen molar-refractivity contribution in [3.05, 3.63) is 59.3 Å². The predicted octanol–water partition coefficient (Wildman–Crippen LogP) is 1.94. The molecule has 0 aliphatic heterocycles. The van der Waals surface area contributed by atoms with Crippen molar-refractivity contribution in [2.45, 2.75) is 19.8 Å². The zero-order chi connectivity index (χ0) is 16.3. The number of hydrazine groups is 1. The Morgan fingerprint density at radius 3 is 2.27 bits per heavy atom. The van der Waals surface area contributed by atoms with Gasteiger partial charge in [-0.05, 0) is 35.7 Å². The lowest BCUT2D eigenvalue weighted by Gasteiger charge is -2.16. The number of aromatic nitrogens is 1. The topological polar surface area (TPSA) is 102 Å². The maximum atomic E-state index is 12.3. The number of hydrogen-bond acceptors (Lipinski definition) is 5. The second-order valence-electron chi connectivity index (χ2n) is 5.19. The van der Waals surface area contributed by atoms with Crippen LogP contribution < -0.4 is 11.6 Å². The Morgan fingerprint density at radius 2 is 1.73 bits per heavy atom. The average molecular weight is 298 g/mol. The van der Waals surface area contributed by atoms with Crippen LogP contribution in [0.2, 0.25) is 0 Å². The molecule has 1 heterocycles. The molecule has 114 valence electrons. The van der Waals surface area contributed by atoms with E-state index in [9.17, 15) is 9.59 Å². The van der Waals surface area contributed by atoms with Gasteiger partial charge in [0.05, 0.1) is 5.56 Å². The summed E-state index contributed by atoms with van der Waals surface area (Å²) in [6.45, 7) is 4.11. The molecule has 0 atom stereocenters. The minimum absolute atomic E-state index is 0.0332. The maximum Gasteiger partial charge on any atom is 0.278 e. The van der Waals surface area contributed by atoms with Crippen LogP contribution in [0.15, 0.2) is 42.6 Å². The number of anilines is 1. The molecule has 1 aromatic heterocycles. The fourth-order valence-corrected chi connectivity index (χ4v) is 1.97. The number of benzene rings is 1. The van der Waals surface area contributed by atoms with Gasteiger partial charge in [0.15, 0.2) is 0 Å². The number of carbonyl (C=O) groups excluding carboxylic acids is 2. The van der Waals surface area contributed by atoms with Crippen molar-refractivity contribution in [2.75, 3.05) is 5.73 Å². The number of nitrogens with two attached hydrogens (primary N) is 2. The first-order valence-corrected chi connectivity index (χ1v) is 6.85. The van der Waals surface area contributed by atoms with Gasteiger partial charge in [0.25, 0.3) is 11.8 Å². The van der Waals surface area contributed by atoms with Gasteiger partial charge in [0.1, 0.15) is 5.82 Å². The SMILES string of the molecule is CC(C)c1ccc(C(=O)N(N)C(=O)c2cccnc2N)cc1. The Morgan fingerprint density at radius 1 is 1.09 bits per heavy atom. The molecule has 2 aromatic rings. The van der Waals surface area contributed by atoms with Crippen LogP contribution in [0.3, 0.4) is 0 Å². The summed E-state index contributed by atoms with van der Waals surface area (Å²) in [7, 11) is 0. The molecule has 6 nitrogen and oxygen atoms in total. The molecule has 1 aromatic carbocycles. The molecule has 4 N–H and O–H groups in total. The number of nitrogens with zero attached hydrogens (tertiary/aromatic N) is 2. The third-order valence-electron chi connectivity index (χ3n) is 3.33. The van der Waals surface area contributed by atoms with Gasteiger partial charge >= 0.3 is 0 Å². The second-order valence-corrected chi connectivity index (χ2v) is 5.19. The minimum atomic E-state index is -0.691. The van der Waals surface area contributed by atoms with Crippen molar-refractivity contribution in [3.8, 4) is 0 Å². The van der Waals surface area contributed by atoms with E-state index in [1.807, 2.05) is 12.1 Å². The number of imide groups is 1. The molecule has 0 radical (unpaired) electrons. The van der Waals surface area contributed by atoms with E-state index >= 15 is 0 Å². The molecule has 2 amide bonds. The summed E-state index contributed by atoms with van der Waals surface area (Å²) in [5.41, 5.74) is 7.16. The van der Waals surface area contributed by atoms with Crippen LogP contribution in [0.1, 0.15) is 46.0 Å². The van der Waals surface area contributed by atoms with Gasteiger partial charge in [0.2, 0.25) is 0 Å². The van der Waals surface area contributed by atoms with E-state index in [1.54, 1.807) is 18.2 Å². The van der Waals surface area contributed by atoms with E-state index in [-0.39, 0.29) is 11.4 Å². The van der Waals surface area contributed by atoms with E-state index in [0.29, 0.717) is 16.5 Å². The van der Waals surface area contributed by atoms with Crippen molar-refractivity contribution in [2.24, 2.45) is 5.84 Å². The van der Waals surface area contributed by atoms with Crippen LogP contribution in [0, 0.1) is 0 Å². The van der Waals surface area contributed by atoms with Gasteiger partial charge in [-0.3, -0.25) is 9.59 Å². The van der Waals surface area contributed by atoms with E-state index in [0.717, 1.165) is 5.56 Å². The highest BCUT2D eigenvalue weighted by Crippen LogP contribution is 2.16. The number of hydrogen-bond donors (Lipinski definition) is 2. The van der Waals surface area contributed by atoms with Crippen LogP contribution in [-0.2, 0) is 0 Å². The summed E-state index contributed by atoms with van der Waals surface area (Å²) in [5.74, 6) is 4.75. The van der Waals surface area contributed by atoms with Gasteiger partial charge in [-0.1, -0.05) is 26.0 Å². The normalized spacial score (nSPS) is 10.5. The number of rotatable bonds is 3. The highest BCUT2D eigenvalue weighted by atomic mass is 16.2. The molecule has 0 bridgehead atoms. The predicted molar refractivity (Wildman–Crippen MR) is 83.9 cm³/mol. The van der Waals surface area contributed by atoms with E-state index in [1.165, 1.54) is 12.3 Å². The van der Waals surface area contributed by atoms with Crippen LogP contribution >= 0.6 is 0 Å². The smallest absolute Gasteiger partial charge is 0.278 e. The lowest BCUT2D eigenvalue weighted by Crippen LogP contribution is -2.42. The number of carbonyl (C=O) groups is 2. The van der Waals surface area contributed by atoms with Gasteiger partial charge in [-0.15, -0.1) is 0 Å². The van der Waals surface area contributed by atoms with Crippen LogP contribution in [0.5, 0.6) is 0 Å². The maximum absolute atomic E-state index is 12.3. The molecule has 0 fully saturated rings. The lowest BCUT2D eigenvalue weighted by molar-refractivity contribution is 0.0616. The second kappa shape index (κ2) is 6.36. The van der Waals surface area contributed by atoms with Crippen molar-refractivity contribution in [1.82, 2.24) is 9.99 Å². The Labute approximate surface area is 128 Å². The van der Waals surface area contributed by atoms with Crippen LogP contribution in [-0.4, -0.2) is 21.8 Å². The lowest BCUT2D eigenvalue weighted by atomic mass is 10.0. The monoisotopic (exact) mass is 298 g/mol. The Balaban J connectivity index is 2.22. The number of pyridine rings is 1. The molecule has 22 heavy (non-hydrogen) atoms. The summed E-state index contributed by atoms with van der Waals surface area (Å²) in [6, 6.07) is 10.0. The van der Waals surface area contributed by atoms with Crippen LogP contribution in [0.25, 0.3) is 0 Å².